The van der Waals surface area contributed by atoms with Crippen molar-refractivity contribution in [1.29, 1.82) is 0 Å². The molecular formula is C65H112O12. The van der Waals surface area contributed by atoms with Gasteiger partial charge in [-0.05, 0) is 109 Å². The van der Waals surface area contributed by atoms with Crippen LogP contribution < -0.4 is 0 Å². The minimum atomic E-state index is -1.91. The second kappa shape index (κ2) is 53.1. The van der Waals surface area contributed by atoms with E-state index in [2.05, 4.69) is 81.5 Å². The van der Waals surface area contributed by atoms with E-state index in [-0.39, 0.29) is 25.9 Å². The molecule has 0 amide bonds. The zero-order chi connectivity index (χ0) is 56.1. The molecule has 1 aliphatic heterocycles. The number of allylic oxidation sites excluding steroid dienone is 10. The maximum Gasteiger partial charge on any atom is 0.335 e. The third-order valence-electron chi connectivity index (χ3n) is 14.0. The van der Waals surface area contributed by atoms with E-state index < -0.39 is 67.3 Å². The average molecular weight is 1090 g/mol. The number of rotatable bonds is 53. The second-order valence-electron chi connectivity index (χ2n) is 21.3. The van der Waals surface area contributed by atoms with Gasteiger partial charge in [0.15, 0.2) is 24.6 Å². The third kappa shape index (κ3) is 43.0. The van der Waals surface area contributed by atoms with Crippen molar-refractivity contribution >= 4 is 23.9 Å². The van der Waals surface area contributed by atoms with Crippen LogP contribution in [0.5, 0.6) is 0 Å². The molecule has 1 aliphatic rings. The molecule has 0 bridgehead atoms. The van der Waals surface area contributed by atoms with E-state index in [9.17, 15) is 34.5 Å². The van der Waals surface area contributed by atoms with E-state index >= 15 is 0 Å². The van der Waals surface area contributed by atoms with Crippen LogP contribution in [-0.4, -0.2) is 89.2 Å². The van der Waals surface area contributed by atoms with Gasteiger partial charge in [-0.2, -0.15) is 0 Å². The van der Waals surface area contributed by atoms with E-state index in [0.29, 0.717) is 19.3 Å². The Morgan fingerprint density at radius 1 is 0.429 bits per heavy atom. The summed E-state index contributed by atoms with van der Waals surface area (Å²) in [5, 5.41) is 31.5. The molecule has 1 fully saturated rings. The minimum absolute atomic E-state index is 0.0441. The van der Waals surface area contributed by atoms with Gasteiger partial charge in [-0.3, -0.25) is 14.4 Å². The van der Waals surface area contributed by atoms with E-state index in [0.717, 1.165) is 128 Å². The highest BCUT2D eigenvalue weighted by atomic mass is 16.7. The second-order valence-corrected chi connectivity index (χ2v) is 21.3. The number of aliphatic hydroxyl groups is 2. The van der Waals surface area contributed by atoms with Crippen LogP contribution in [0, 0.1) is 0 Å². The Morgan fingerprint density at radius 2 is 0.779 bits per heavy atom. The molecule has 0 aromatic carbocycles. The number of hydrogen-bond acceptors (Lipinski definition) is 11. The molecule has 6 atom stereocenters. The molecule has 0 radical (unpaired) electrons. The molecule has 12 nitrogen and oxygen atoms in total. The standard InChI is InChI=1S/C65H112O12/c1-4-7-10-13-16-19-22-25-27-28-29-30-32-35-38-41-44-47-50-53-59(68)76-63-61(70)60(69)62(64(71)72)77-65(63)74-55-56(75-58(67)52-49-46-43-40-37-33-24-21-18-15-12-9-6-3)54-73-57(66)51-48-45-42-39-36-34-31-26-23-20-17-14-11-8-5-2/h16,19,21,24-27,29-31,56,60-63,65,69-70H,4-15,17-18,20,22-23,28,32-55H2,1-3H3,(H,71,72)/b19-16-,24-21-,27-25-,30-29-,31-26-. The average Bonchev–Trinajstić information content (AvgIpc) is 3.42. The first-order chi connectivity index (χ1) is 37.6. The number of hydrogen-bond donors (Lipinski definition) is 3. The third-order valence-corrected chi connectivity index (χ3v) is 14.0. The molecule has 1 saturated heterocycles. The van der Waals surface area contributed by atoms with Crippen LogP contribution in [0.4, 0.5) is 0 Å². The van der Waals surface area contributed by atoms with Crippen LogP contribution in [0.15, 0.2) is 60.8 Å². The number of carbonyl (C=O) groups is 4. The predicted octanol–water partition coefficient (Wildman–Crippen LogP) is 16.3. The van der Waals surface area contributed by atoms with Crippen molar-refractivity contribution < 1.29 is 58.2 Å². The van der Waals surface area contributed by atoms with Gasteiger partial charge in [0, 0.05) is 19.3 Å². The van der Waals surface area contributed by atoms with Crippen LogP contribution in [0.3, 0.4) is 0 Å². The van der Waals surface area contributed by atoms with Gasteiger partial charge < -0.3 is 39.0 Å². The summed E-state index contributed by atoms with van der Waals surface area (Å²) in [4.78, 5) is 51.2. The fraction of sp³-hybridized carbons (Fsp3) is 0.785. The molecule has 0 aliphatic carbocycles. The predicted molar refractivity (Wildman–Crippen MR) is 312 cm³/mol. The lowest BCUT2D eigenvalue weighted by molar-refractivity contribution is -0.301. The normalized spacial score (nSPS) is 18.4. The van der Waals surface area contributed by atoms with Gasteiger partial charge in [-0.1, -0.05) is 210 Å². The van der Waals surface area contributed by atoms with Crippen LogP contribution >= 0.6 is 0 Å². The van der Waals surface area contributed by atoms with Crippen molar-refractivity contribution in [3.8, 4) is 0 Å². The summed E-state index contributed by atoms with van der Waals surface area (Å²) < 4.78 is 28.5. The topological polar surface area (TPSA) is 175 Å². The van der Waals surface area contributed by atoms with Crippen LogP contribution in [0.25, 0.3) is 0 Å². The Morgan fingerprint density at radius 3 is 1.23 bits per heavy atom. The lowest BCUT2D eigenvalue weighted by atomic mass is 9.98. The van der Waals surface area contributed by atoms with Gasteiger partial charge in [0.05, 0.1) is 6.61 Å². The van der Waals surface area contributed by atoms with Crippen molar-refractivity contribution in [3.63, 3.8) is 0 Å². The number of carboxylic acids is 1. The Kier molecular flexibility index (Phi) is 49.2. The van der Waals surface area contributed by atoms with Gasteiger partial charge in [-0.25, -0.2) is 4.79 Å². The van der Waals surface area contributed by atoms with Crippen LogP contribution in [0.1, 0.15) is 278 Å². The Balaban J connectivity index is 2.67. The minimum Gasteiger partial charge on any atom is -0.479 e. The van der Waals surface area contributed by atoms with Crippen molar-refractivity contribution in [2.24, 2.45) is 0 Å². The monoisotopic (exact) mass is 1080 g/mol. The molecule has 0 aromatic heterocycles. The van der Waals surface area contributed by atoms with Gasteiger partial charge in [0.1, 0.15) is 18.8 Å². The molecule has 0 aromatic rings. The molecule has 1 rings (SSSR count). The van der Waals surface area contributed by atoms with Gasteiger partial charge >= 0.3 is 23.9 Å². The number of aliphatic hydroxyl groups excluding tert-OH is 2. The van der Waals surface area contributed by atoms with Crippen molar-refractivity contribution in [2.45, 2.75) is 314 Å². The summed E-state index contributed by atoms with van der Waals surface area (Å²) in [6.07, 6.45) is 53.2. The summed E-state index contributed by atoms with van der Waals surface area (Å²) in [5.74, 6) is -3.15. The SMILES string of the molecule is CCCCC/C=C\C/C=C\C/C=C\CCCCCCCCC(=O)OC1C(OCC(COC(=O)CCCCCCC/C=C\CCCCCCCC)OC(=O)CCCCCCC/C=C\CCCCCC)OC(C(=O)O)C(O)C1O. The fourth-order valence-electron chi connectivity index (χ4n) is 9.19. The van der Waals surface area contributed by atoms with Crippen LogP contribution in [0.2, 0.25) is 0 Å². The lowest BCUT2D eigenvalue weighted by Crippen LogP contribution is -2.61. The summed E-state index contributed by atoms with van der Waals surface area (Å²) in [6, 6.07) is 0. The van der Waals surface area contributed by atoms with Gasteiger partial charge in [0.25, 0.3) is 0 Å². The van der Waals surface area contributed by atoms with Crippen molar-refractivity contribution in [1.82, 2.24) is 0 Å². The maximum atomic E-state index is 13.1. The lowest BCUT2D eigenvalue weighted by Gasteiger charge is -2.40. The summed E-state index contributed by atoms with van der Waals surface area (Å²) >= 11 is 0. The van der Waals surface area contributed by atoms with E-state index in [4.69, 9.17) is 23.7 Å². The molecule has 0 spiro atoms. The van der Waals surface area contributed by atoms with Crippen LogP contribution in [-0.2, 0) is 42.9 Å². The largest absolute Gasteiger partial charge is 0.479 e. The number of carboxylic acid groups (broad SMARTS) is 1. The zero-order valence-corrected chi connectivity index (χ0v) is 49.0. The highest BCUT2D eigenvalue weighted by Crippen LogP contribution is 2.26. The molecule has 77 heavy (non-hydrogen) atoms. The summed E-state index contributed by atoms with van der Waals surface area (Å²) in [7, 11) is 0. The maximum absolute atomic E-state index is 13.1. The molecule has 444 valence electrons. The number of ether oxygens (including phenoxy) is 5. The van der Waals surface area contributed by atoms with Gasteiger partial charge in [0.2, 0.25) is 0 Å². The number of carbonyl (C=O) groups excluding carboxylic acids is 3. The first-order valence-corrected chi connectivity index (χ1v) is 31.3. The van der Waals surface area contributed by atoms with Gasteiger partial charge in [-0.15, -0.1) is 0 Å². The highest BCUT2D eigenvalue weighted by Gasteiger charge is 2.50. The Bertz CT molecular complexity index is 1570. The number of aliphatic carboxylic acids is 1. The first kappa shape index (κ1) is 71.4. The summed E-state index contributed by atoms with van der Waals surface area (Å²) in [6.45, 7) is 5.94. The molecular weight excluding hydrogens is 973 g/mol. The first-order valence-electron chi connectivity index (χ1n) is 31.3. The molecule has 12 heteroatoms. The summed E-state index contributed by atoms with van der Waals surface area (Å²) in [5.41, 5.74) is 0. The van der Waals surface area contributed by atoms with E-state index in [1.54, 1.807) is 0 Å². The molecule has 3 N–H and O–H groups in total. The van der Waals surface area contributed by atoms with E-state index in [1.807, 2.05) is 0 Å². The van der Waals surface area contributed by atoms with Crippen molar-refractivity contribution in [2.75, 3.05) is 13.2 Å². The van der Waals surface area contributed by atoms with E-state index in [1.165, 1.54) is 89.9 Å². The fourth-order valence-corrected chi connectivity index (χ4v) is 9.19. The van der Waals surface area contributed by atoms with Crippen molar-refractivity contribution in [3.05, 3.63) is 60.8 Å². The molecule has 1 heterocycles. The Labute approximate surface area is 468 Å². The molecule has 6 unspecified atom stereocenters. The number of esters is 3. The Hall–Kier alpha value is -3.58. The highest BCUT2D eigenvalue weighted by molar-refractivity contribution is 5.74. The smallest absolute Gasteiger partial charge is 0.335 e. The zero-order valence-electron chi connectivity index (χ0n) is 49.0. The molecule has 0 saturated carbocycles. The quantitative estimate of drug-likeness (QED) is 0.0228. The number of unbranched alkanes of at least 4 members (excludes halogenated alkanes) is 29.